The van der Waals surface area contributed by atoms with Crippen molar-refractivity contribution >= 4 is 39.3 Å². The van der Waals surface area contributed by atoms with E-state index in [0.717, 1.165) is 0 Å². The number of nitrogens with one attached hydrogen (secondary N) is 2. The van der Waals surface area contributed by atoms with E-state index < -0.39 is 18.1 Å². The van der Waals surface area contributed by atoms with Crippen molar-refractivity contribution in [2.45, 2.75) is 32.5 Å². The maximum Gasteiger partial charge on any atom is 0.261 e. The summed E-state index contributed by atoms with van der Waals surface area (Å²) in [5, 5.41) is 5.85. The van der Waals surface area contributed by atoms with E-state index in [2.05, 4.69) is 26.6 Å². The van der Waals surface area contributed by atoms with Crippen molar-refractivity contribution in [2.24, 2.45) is 0 Å². The number of furan rings is 1. The zero-order valence-corrected chi connectivity index (χ0v) is 16.1. The van der Waals surface area contributed by atoms with Gasteiger partial charge in [-0.15, -0.1) is 0 Å². The first kappa shape index (κ1) is 19.3. The van der Waals surface area contributed by atoms with Crippen molar-refractivity contribution in [3.05, 3.63) is 51.9 Å². The number of halogens is 2. The molecule has 6 nitrogen and oxygen atoms in total. The van der Waals surface area contributed by atoms with E-state index in [4.69, 9.17) is 20.8 Å². The van der Waals surface area contributed by atoms with Crippen molar-refractivity contribution in [3.8, 4) is 5.75 Å². The molecular formula is C17H18BrClN2O4. The number of rotatable bonds is 7. The van der Waals surface area contributed by atoms with E-state index in [1.165, 1.54) is 6.26 Å². The first-order valence-electron chi connectivity index (χ1n) is 7.59. The van der Waals surface area contributed by atoms with Gasteiger partial charge in [0, 0.05) is 5.02 Å². The van der Waals surface area contributed by atoms with Crippen LogP contribution in [0.5, 0.6) is 5.75 Å². The standard InChI is InChI=1S/C17H18BrClN2O4/c1-10(16(22)20-9-13-4-3-7-24-13)21-17(23)11(2)25-15-6-5-12(19)8-14(15)18/h3-8,10-11H,9H2,1-2H3,(H,20,22)(H,21,23). The topological polar surface area (TPSA) is 80.6 Å². The molecule has 8 heteroatoms. The lowest BCUT2D eigenvalue weighted by Crippen LogP contribution is -2.48. The molecule has 2 amide bonds. The van der Waals surface area contributed by atoms with E-state index in [0.29, 0.717) is 21.0 Å². The summed E-state index contributed by atoms with van der Waals surface area (Å²) in [7, 11) is 0. The molecule has 1 aromatic heterocycles. The SMILES string of the molecule is CC(NC(=O)C(C)Oc1ccc(Cl)cc1Br)C(=O)NCc1ccco1. The molecular weight excluding hydrogens is 412 g/mol. The van der Waals surface area contributed by atoms with Crippen LogP contribution in [0.25, 0.3) is 0 Å². The number of hydrogen-bond acceptors (Lipinski definition) is 4. The van der Waals surface area contributed by atoms with Gasteiger partial charge in [-0.25, -0.2) is 0 Å². The van der Waals surface area contributed by atoms with Gasteiger partial charge in [0.15, 0.2) is 6.10 Å². The minimum atomic E-state index is -0.780. The van der Waals surface area contributed by atoms with E-state index in [9.17, 15) is 9.59 Å². The maximum absolute atomic E-state index is 12.2. The Balaban J connectivity index is 1.83. The van der Waals surface area contributed by atoms with Crippen LogP contribution < -0.4 is 15.4 Å². The van der Waals surface area contributed by atoms with Crippen molar-refractivity contribution in [3.63, 3.8) is 0 Å². The lowest BCUT2D eigenvalue weighted by molar-refractivity contribution is -0.132. The zero-order valence-electron chi connectivity index (χ0n) is 13.7. The fourth-order valence-corrected chi connectivity index (χ4v) is 2.73. The van der Waals surface area contributed by atoms with Gasteiger partial charge in [0.1, 0.15) is 17.6 Å². The number of hydrogen-bond donors (Lipinski definition) is 2. The van der Waals surface area contributed by atoms with Crippen LogP contribution in [0.3, 0.4) is 0 Å². The van der Waals surface area contributed by atoms with Crippen molar-refractivity contribution < 1.29 is 18.7 Å². The normalized spacial score (nSPS) is 13.0. The van der Waals surface area contributed by atoms with Crippen molar-refractivity contribution in [1.82, 2.24) is 10.6 Å². The smallest absolute Gasteiger partial charge is 0.261 e. The molecule has 25 heavy (non-hydrogen) atoms. The Kier molecular flexibility index (Phi) is 6.90. The van der Waals surface area contributed by atoms with E-state index in [1.807, 2.05) is 0 Å². The predicted octanol–water partition coefficient (Wildman–Crippen LogP) is 3.28. The Morgan fingerprint density at radius 3 is 2.68 bits per heavy atom. The molecule has 2 atom stereocenters. The Labute approximate surface area is 159 Å². The van der Waals surface area contributed by atoms with Crippen LogP contribution in [0.1, 0.15) is 19.6 Å². The minimum absolute atomic E-state index is 0.260. The van der Waals surface area contributed by atoms with Gasteiger partial charge >= 0.3 is 0 Å². The van der Waals surface area contributed by atoms with Crippen LogP contribution in [-0.2, 0) is 16.1 Å². The maximum atomic E-state index is 12.2. The van der Waals surface area contributed by atoms with Crippen LogP contribution in [0, 0.1) is 0 Å². The first-order chi connectivity index (χ1) is 11.9. The summed E-state index contributed by atoms with van der Waals surface area (Å²) >= 11 is 9.19. The molecule has 0 fully saturated rings. The molecule has 2 unspecified atom stereocenters. The van der Waals surface area contributed by atoms with Crippen LogP contribution in [-0.4, -0.2) is 24.0 Å². The summed E-state index contributed by atoms with van der Waals surface area (Å²) in [6.07, 6.45) is 0.749. The summed E-state index contributed by atoms with van der Waals surface area (Å²) in [6, 6.07) is 7.78. The third-order valence-corrected chi connectivity index (χ3v) is 4.19. The summed E-state index contributed by atoms with van der Waals surface area (Å²) in [5.41, 5.74) is 0. The fraction of sp³-hybridized carbons (Fsp3) is 0.294. The minimum Gasteiger partial charge on any atom is -0.480 e. The quantitative estimate of drug-likeness (QED) is 0.708. The number of carbonyl (C=O) groups excluding carboxylic acids is 2. The van der Waals surface area contributed by atoms with Crippen molar-refractivity contribution in [1.29, 1.82) is 0 Å². The molecule has 0 saturated heterocycles. The number of ether oxygens (including phenoxy) is 1. The van der Waals surface area contributed by atoms with Gasteiger partial charge in [-0.2, -0.15) is 0 Å². The van der Waals surface area contributed by atoms with Gasteiger partial charge in [0.25, 0.3) is 5.91 Å². The molecule has 2 rings (SSSR count). The van der Waals surface area contributed by atoms with Gasteiger partial charge in [0.05, 0.1) is 17.3 Å². The van der Waals surface area contributed by atoms with Crippen LogP contribution in [0.15, 0.2) is 45.5 Å². The van der Waals surface area contributed by atoms with E-state index in [-0.39, 0.29) is 12.5 Å². The molecule has 0 radical (unpaired) electrons. The second-order valence-corrected chi connectivity index (χ2v) is 6.65. The lowest BCUT2D eigenvalue weighted by Gasteiger charge is -2.19. The molecule has 1 aromatic carbocycles. The Morgan fingerprint density at radius 2 is 2.04 bits per heavy atom. The number of amides is 2. The van der Waals surface area contributed by atoms with Gasteiger partial charge in [-0.3, -0.25) is 9.59 Å². The molecule has 1 heterocycles. The molecule has 0 spiro atoms. The molecule has 134 valence electrons. The molecule has 2 aromatic rings. The second-order valence-electron chi connectivity index (χ2n) is 5.36. The van der Waals surface area contributed by atoms with E-state index >= 15 is 0 Å². The van der Waals surface area contributed by atoms with Gasteiger partial charge in [-0.1, -0.05) is 11.6 Å². The molecule has 0 bridgehead atoms. The Hall–Kier alpha value is -1.99. The monoisotopic (exact) mass is 428 g/mol. The summed E-state index contributed by atoms with van der Waals surface area (Å²) in [5.74, 6) is 0.408. The highest BCUT2D eigenvalue weighted by atomic mass is 79.9. The molecule has 0 saturated carbocycles. The van der Waals surface area contributed by atoms with Gasteiger partial charge in [-0.05, 0) is 60.1 Å². The Bertz CT molecular complexity index is 736. The van der Waals surface area contributed by atoms with Crippen LogP contribution in [0.4, 0.5) is 0 Å². The molecule has 2 N–H and O–H groups in total. The number of carbonyl (C=O) groups is 2. The summed E-state index contributed by atoms with van der Waals surface area (Å²) in [4.78, 5) is 24.2. The molecule has 0 aliphatic rings. The number of benzene rings is 1. The van der Waals surface area contributed by atoms with Crippen LogP contribution in [0.2, 0.25) is 5.02 Å². The highest BCUT2D eigenvalue weighted by molar-refractivity contribution is 9.10. The molecule has 0 aliphatic carbocycles. The highest BCUT2D eigenvalue weighted by Gasteiger charge is 2.21. The third kappa shape index (κ3) is 5.79. The predicted molar refractivity (Wildman–Crippen MR) is 97.4 cm³/mol. The first-order valence-corrected chi connectivity index (χ1v) is 8.76. The van der Waals surface area contributed by atoms with E-state index in [1.54, 1.807) is 44.2 Å². The fourth-order valence-electron chi connectivity index (χ4n) is 1.95. The van der Waals surface area contributed by atoms with Gasteiger partial charge in [0.2, 0.25) is 5.91 Å². The zero-order chi connectivity index (χ0) is 18.4. The lowest BCUT2D eigenvalue weighted by atomic mass is 10.2. The second kappa shape index (κ2) is 8.92. The largest absolute Gasteiger partial charge is 0.480 e. The van der Waals surface area contributed by atoms with Gasteiger partial charge < -0.3 is 19.8 Å². The average molecular weight is 430 g/mol. The average Bonchev–Trinajstić information content (AvgIpc) is 3.08. The molecule has 0 aliphatic heterocycles. The van der Waals surface area contributed by atoms with Crippen LogP contribution >= 0.6 is 27.5 Å². The third-order valence-electron chi connectivity index (χ3n) is 3.34. The Morgan fingerprint density at radius 1 is 1.28 bits per heavy atom. The summed E-state index contributed by atoms with van der Waals surface area (Å²) in [6.45, 7) is 3.46. The van der Waals surface area contributed by atoms with Crippen molar-refractivity contribution in [2.75, 3.05) is 0 Å². The summed E-state index contributed by atoms with van der Waals surface area (Å²) < 4.78 is 11.4. The highest BCUT2D eigenvalue weighted by Crippen LogP contribution is 2.28.